The molecule has 0 unspecified atom stereocenters. The van der Waals surface area contributed by atoms with Crippen molar-refractivity contribution in [2.24, 2.45) is 0 Å². The highest BCUT2D eigenvalue weighted by Gasteiger charge is 2.18. The largest absolute Gasteiger partial charge is 0.360 e. The summed E-state index contributed by atoms with van der Waals surface area (Å²) in [5.74, 6) is 0.988. The molecule has 15 heavy (non-hydrogen) atoms. The van der Waals surface area contributed by atoms with Crippen molar-refractivity contribution in [2.45, 2.75) is 6.42 Å². The molecular weight excluding hydrogens is 208 g/mol. The number of aromatic nitrogens is 2. The van der Waals surface area contributed by atoms with Gasteiger partial charge in [-0.2, -0.15) is 8.75 Å². The lowest BCUT2D eigenvalue weighted by Crippen LogP contribution is -2.25. The molecule has 5 heteroatoms. The molecule has 0 radical (unpaired) electrons. The van der Waals surface area contributed by atoms with Crippen molar-refractivity contribution in [3.8, 4) is 0 Å². The van der Waals surface area contributed by atoms with Gasteiger partial charge in [0.15, 0.2) is 5.82 Å². The standard InChI is InChI=1S/C10H16N4S/c1-13(2)10-9(11-15-12-10)8-5-4-6-14(3)7-8/h5H,4,6-7H2,1-3H3. The van der Waals surface area contributed by atoms with E-state index in [1.807, 2.05) is 19.0 Å². The van der Waals surface area contributed by atoms with Crippen LogP contribution in [0.5, 0.6) is 0 Å². The Kier molecular flexibility index (Phi) is 3.02. The van der Waals surface area contributed by atoms with Gasteiger partial charge in [0.1, 0.15) is 5.69 Å². The third-order valence-corrected chi connectivity index (χ3v) is 3.06. The smallest absolute Gasteiger partial charge is 0.169 e. The summed E-state index contributed by atoms with van der Waals surface area (Å²) in [6.45, 7) is 2.12. The maximum Gasteiger partial charge on any atom is 0.169 e. The monoisotopic (exact) mass is 224 g/mol. The summed E-state index contributed by atoms with van der Waals surface area (Å²) in [7, 11) is 6.16. The number of hydrogen-bond acceptors (Lipinski definition) is 5. The van der Waals surface area contributed by atoms with Crippen LogP contribution in [0.2, 0.25) is 0 Å². The minimum Gasteiger partial charge on any atom is -0.360 e. The van der Waals surface area contributed by atoms with Gasteiger partial charge < -0.3 is 9.80 Å². The van der Waals surface area contributed by atoms with Crippen LogP contribution >= 0.6 is 11.7 Å². The Morgan fingerprint density at radius 3 is 2.87 bits per heavy atom. The van der Waals surface area contributed by atoms with Crippen molar-refractivity contribution >= 4 is 23.1 Å². The van der Waals surface area contributed by atoms with Gasteiger partial charge in [0, 0.05) is 27.2 Å². The third-order valence-electron chi connectivity index (χ3n) is 2.54. The van der Waals surface area contributed by atoms with E-state index >= 15 is 0 Å². The summed E-state index contributed by atoms with van der Waals surface area (Å²) >= 11 is 1.29. The Morgan fingerprint density at radius 2 is 2.20 bits per heavy atom. The quantitative estimate of drug-likeness (QED) is 0.758. The van der Waals surface area contributed by atoms with E-state index in [1.54, 1.807) is 0 Å². The van der Waals surface area contributed by atoms with E-state index in [2.05, 4.69) is 26.8 Å². The second kappa shape index (κ2) is 4.28. The highest BCUT2D eigenvalue weighted by Crippen LogP contribution is 2.26. The number of rotatable bonds is 2. The molecule has 0 atom stereocenters. The first-order valence-electron chi connectivity index (χ1n) is 5.06. The van der Waals surface area contributed by atoms with Crippen molar-refractivity contribution < 1.29 is 0 Å². The highest BCUT2D eigenvalue weighted by atomic mass is 32.1. The molecule has 2 rings (SSSR count). The lowest BCUT2D eigenvalue weighted by atomic mass is 10.1. The van der Waals surface area contributed by atoms with Gasteiger partial charge in [-0.3, -0.25) is 0 Å². The van der Waals surface area contributed by atoms with Crippen molar-refractivity contribution in [3.05, 3.63) is 11.8 Å². The average Bonchev–Trinajstić information content (AvgIpc) is 2.65. The molecule has 0 spiro atoms. The minimum absolute atomic E-state index is 0.978. The average molecular weight is 224 g/mol. The Balaban J connectivity index is 2.29. The molecule has 1 aliphatic heterocycles. The number of likely N-dealkylation sites (N-methyl/N-ethyl adjacent to an activating group) is 1. The van der Waals surface area contributed by atoms with Crippen LogP contribution in [0.25, 0.3) is 5.57 Å². The van der Waals surface area contributed by atoms with E-state index in [4.69, 9.17) is 0 Å². The Morgan fingerprint density at radius 1 is 1.40 bits per heavy atom. The van der Waals surface area contributed by atoms with Gasteiger partial charge in [0.05, 0.1) is 11.7 Å². The zero-order valence-corrected chi connectivity index (χ0v) is 10.2. The van der Waals surface area contributed by atoms with Crippen LogP contribution < -0.4 is 4.90 Å². The molecule has 2 heterocycles. The van der Waals surface area contributed by atoms with Crippen LogP contribution in [0.3, 0.4) is 0 Å². The van der Waals surface area contributed by atoms with Gasteiger partial charge in [-0.1, -0.05) is 6.08 Å². The first-order chi connectivity index (χ1) is 7.18. The molecule has 0 aromatic carbocycles. The molecule has 0 saturated heterocycles. The summed E-state index contributed by atoms with van der Waals surface area (Å²) in [5, 5.41) is 0. The van der Waals surface area contributed by atoms with E-state index in [0.717, 1.165) is 31.0 Å². The molecule has 0 aliphatic carbocycles. The van der Waals surface area contributed by atoms with Crippen molar-refractivity contribution in [1.29, 1.82) is 0 Å². The predicted molar refractivity (Wildman–Crippen MR) is 64.3 cm³/mol. The Bertz CT molecular complexity index is 369. The summed E-state index contributed by atoms with van der Waals surface area (Å²) in [4.78, 5) is 4.34. The molecule has 4 nitrogen and oxygen atoms in total. The second-order valence-corrected chi connectivity index (χ2v) is 4.62. The summed E-state index contributed by atoms with van der Waals surface area (Å²) < 4.78 is 8.70. The van der Waals surface area contributed by atoms with Crippen molar-refractivity contribution in [3.63, 3.8) is 0 Å². The van der Waals surface area contributed by atoms with Crippen LogP contribution in [0.4, 0.5) is 5.82 Å². The molecule has 0 saturated carbocycles. The molecule has 1 aromatic heterocycles. The highest BCUT2D eigenvalue weighted by molar-refractivity contribution is 6.99. The fraction of sp³-hybridized carbons (Fsp3) is 0.600. The number of hydrogen-bond donors (Lipinski definition) is 0. The zero-order valence-electron chi connectivity index (χ0n) is 9.40. The summed E-state index contributed by atoms with van der Waals surface area (Å²) in [6, 6.07) is 0. The molecule has 0 bridgehead atoms. The maximum absolute atomic E-state index is 4.39. The Hall–Kier alpha value is -0.940. The fourth-order valence-corrected chi connectivity index (χ4v) is 2.39. The predicted octanol–water partition coefficient (Wildman–Crippen LogP) is 1.32. The Labute approximate surface area is 94.5 Å². The van der Waals surface area contributed by atoms with E-state index < -0.39 is 0 Å². The van der Waals surface area contributed by atoms with Gasteiger partial charge in [-0.05, 0) is 19.0 Å². The topological polar surface area (TPSA) is 32.3 Å². The molecule has 0 fully saturated rings. The first kappa shape index (κ1) is 10.6. The zero-order chi connectivity index (χ0) is 10.8. The van der Waals surface area contributed by atoms with E-state index in [-0.39, 0.29) is 0 Å². The number of nitrogens with zero attached hydrogens (tertiary/aromatic N) is 4. The maximum atomic E-state index is 4.39. The lowest BCUT2D eigenvalue weighted by molar-refractivity contribution is 0.372. The van der Waals surface area contributed by atoms with Gasteiger partial charge in [0.25, 0.3) is 0 Å². The molecule has 1 aliphatic rings. The van der Waals surface area contributed by atoms with Crippen LogP contribution in [0.1, 0.15) is 12.1 Å². The van der Waals surface area contributed by atoms with Gasteiger partial charge in [0.2, 0.25) is 0 Å². The number of anilines is 1. The fourth-order valence-electron chi connectivity index (χ4n) is 1.74. The summed E-state index contributed by atoms with van der Waals surface area (Å²) in [5.41, 5.74) is 2.36. The lowest BCUT2D eigenvalue weighted by Gasteiger charge is -2.23. The van der Waals surface area contributed by atoms with Crippen LogP contribution in [0.15, 0.2) is 6.08 Å². The van der Waals surface area contributed by atoms with Crippen LogP contribution in [-0.2, 0) is 0 Å². The van der Waals surface area contributed by atoms with E-state index in [9.17, 15) is 0 Å². The second-order valence-electron chi connectivity index (χ2n) is 4.09. The van der Waals surface area contributed by atoms with Gasteiger partial charge >= 0.3 is 0 Å². The minimum atomic E-state index is 0.978. The van der Waals surface area contributed by atoms with Crippen LogP contribution in [0, 0.1) is 0 Å². The van der Waals surface area contributed by atoms with Gasteiger partial charge in [-0.15, -0.1) is 0 Å². The van der Waals surface area contributed by atoms with E-state index in [1.165, 1.54) is 17.3 Å². The summed E-state index contributed by atoms with van der Waals surface area (Å²) in [6.07, 6.45) is 3.39. The molecular formula is C10H16N4S. The first-order valence-corrected chi connectivity index (χ1v) is 5.79. The third kappa shape index (κ3) is 2.18. The van der Waals surface area contributed by atoms with Crippen LogP contribution in [-0.4, -0.2) is 47.9 Å². The normalized spacial score (nSPS) is 17.7. The molecule has 82 valence electrons. The molecule has 1 aromatic rings. The SMILES string of the molecule is CN1CCC=C(c2nsnc2N(C)C)C1. The van der Waals surface area contributed by atoms with Gasteiger partial charge in [-0.25, -0.2) is 0 Å². The molecule has 0 N–H and O–H groups in total. The van der Waals surface area contributed by atoms with E-state index in [0.29, 0.717) is 0 Å². The molecule has 0 amide bonds. The van der Waals surface area contributed by atoms with Crippen molar-refractivity contribution in [2.75, 3.05) is 39.1 Å². The van der Waals surface area contributed by atoms with Crippen molar-refractivity contribution in [1.82, 2.24) is 13.6 Å².